The molecule has 0 aliphatic heterocycles. The number of aliphatic hydroxyl groups is 1. The lowest BCUT2D eigenvalue weighted by Crippen LogP contribution is -2.14. The summed E-state index contributed by atoms with van der Waals surface area (Å²) < 4.78 is 6.86. The Balaban J connectivity index is 1.99. The maximum absolute atomic E-state index is 9.53. The number of hydrogen-bond donors (Lipinski definition) is 1. The summed E-state index contributed by atoms with van der Waals surface area (Å²) in [5, 5.41) is 9.53. The van der Waals surface area contributed by atoms with E-state index in [1.165, 1.54) is 0 Å². The van der Waals surface area contributed by atoms with Gasteiger partial charge in [-0.05, 0) is 25.0 Å². The molecule has 2 heterocycles. The number of methoxy groups -OCH3 is 1. The quantitative estimate of drug-likeness (QED) is 0.825. The van der Waals surface area contributed by atoms with Crippen molar-refractivity contribution in [3.63, 3.8) is 0 Å². The number of ether oxygens (including phenoxy) is 1. The molecule has 0 fully saturated rings. The van der Waals surface area contributed by atoms with Crippen LogP contribution in [-0.4, -0.2) is 34.3 Å². The number of pyridine rings is 1. The fraction of sp³-hybridized carbons (Fsp3) is 0.417. The third-order valence-electron chi connectivity index (χ3n) is 2.51. The van der Waals surface area contributed by atoms with E-state index in [4.69, 9.17) is 4.74 Å². The van der Waals surface area contributed by atoms with Gasteiger partial charge in [0.25, 0.3) is 0 Å². The molecule has 0 aromatic carbocycles. The molecule has 0 aliphatic rings. The fourth-order valence-electron chi connectivity index (χ4n) is 1.70. The molecule has 1 unspecified atom stereocenters. The van der Waals surface area contributed by atoms with Crippen LogP contribution in [-0.2, 0) is 11.2 Å². The molecule has 0 saturated carbocycles. The minimum absolute atomic E-state index is 0.382. The molecule has 0 amide bonds. The normalized spacial score (nSPS) is 13.1. The highest BCUT2D eigenvalue weighted by Crippen LogP contribution is 2.07. The standard InChI is InChI=1S/C12H16N2O2/c1-16-9-11(15)6-5-10-8-14-7-3-2-4-12(14)13-10/h2-4,7-8,11,15H,5-6,9H2,1H3. The summed E-state index contributed by atoms with van der Waals surface area (Å²) in [6.07, 6.45) is 5.01. The SMILES string of the molecule is COCC(O)CCc1cn2ccccc2n1. The Morgan fingerprint density at radius 2 is 2.38 bits per heavy atom. The molecule has 2 aromatic heterocycles. The Morgan fingerprint density at radius 3 is 3.12 bits per heavy atom. The van der Waals surface area contributed by atoms with Crippen LogP contribution in [0.25, 0.3) is 5.65 Å². The second kappa shape index (κ2) is 5.09. The van der Waals surface area contributed by atoms with Crippen molar-refractivity contribution >= 4 is 5.65 Å². The smallest absolute Gasteiger partial charge is 0.136 e. The first-order chi connectivity index (χ1) is 7.79. The molecule has 0 saturated heterocycles. The van der Waals surface area contributed by atoms with Crippen LogP contribution in [0.5, 0.6) is 0 Å². The van der Waals surface area contributed by atoms with Crippen LogP contribution in [0.2, 0.25) is 0 Å². The molecule has 0 aliphatic carbocycles. The lowest BCUT2D eigenvalue weighted by Gasteiger charge is -2.06. The molecule has 4 nitrogen and oxygen atoms in total. The molecule has 2 rings (SSSR count). The summed E-state index contributed by atoms with van der Waals surface area (Å²) in [7, 11) is 1.59. The number of rotatable bonds is 5. The number of nitrogens with zero attached hydrogens (tertiary/aromatic N) is 2. The first-order valence-corrected chi connectivity index (χ1v) is 5.39. The first kappa shape index (κ1) is 11.1. The van der Waals surface area contributed by atoms with Gasteiger partial charge in [-0.15, -0.1) is 0 Å². The predicted molar refractivity (Wildman–Crippen MR) is 61.4 cm³/mol. The Morgan fingerprint density at radius 1 is 1.50 bits per heavy atom. The van der Waals surface area contributed by atoms with Gasteiger partial charge >= 0.3 is 0 Å². The molecule has 1 N–H and O–H groups in total. The van der Waals surface area contributed by atoms with Gasteiger partial charge in [0.2, 0.25) is 0 Å². The first-order valence-electron chi connectivity index (χ1n) is 5.39. The van der Waals surface area contributed by atoms with Gasteiger partial charge in [0, 0.05) is 19.5 Å². The van der Waals surface area contributed by atoms with E-state index in [1.54, 1.807) is 7.11 Å². The number of imidazole rings is 1. The maximum atomic E-state index is 9.53. The number of aromatic nitrogens is 2. The largest absolute Gasteiger partial charge is 0.391 e. The average Bonchev–Trinajstić information content (AvgIpc) is 2.69. The van der Waals surface area contributed by atoms with Crippen LogP contribution in [0.4, 0.5) is 0 Å². The third kappa shape index (κ3) is 2.59. The minimum atomic E-state index is -0.408. The molecule has 2 aromatic rings. The number of aryl methyl sites for hydroxylation is 1. The average molecular weight is 220 g/mol. The summed E-state index contributed by atoms with van der Waals surface area (Å²) in [6.45, 7) is 0.382. The van der Waals surface area contributed by atoms with Crippen molar-refractivity contribution in [3.05, 3.63) is 36.3 Å². The second-order valence-corrected chi connectivity index (χ2v) is 3.85. The second-order valence-electron chi connectivity index (χ2n) is 3.85. The van der Waals surface area contributed by atoms with Gasteiger partial charge in [0.1, 0.15) is 5.65 Å². The third-order valence-corrected chi connectivity index (χ3v) is 2.51. The van der Waals surface area contributed by atoms with Gasteiger partial charge in [-0.3, -0.25) is 0 Å². The molecular weight excluding hydrogens is 204 g/mol. The van der Waals surface area contributed by atoms with E-state index in [9.17, 15) is 5.11 Å². The number of fused-ring (bicyclic) bond motifs is 1. The van der Waals surface area contributed by atoms with E-state index in [0.29, 0.717) is 13.0 Å². The van der Waals surface area contributed by atoms with Gasteiger partial charge < -0.3 is 14.2 Å². The van der Waals surface area contributed by atoms with E-state index >= 15 is 0 Å². The van der Waals surface area contributed by atoms with Gasteiger partial charge in [0.15, 0.2) is 0 Å². The Labute approximate surface area is 94.5 Å². The van der Waals surface area contributed by atoms with Crippen LogP contribution in [0.3, 0.4) is 0 Å². The molecule has 0 bridgehead atoms. The van der Waals surface area contributed by atoms with E-state index in [-0.39, 0.29) is 0 Å². The molecule has 4 heteroatoms. The zero-order valence-electron chi connectivity index (χ0n) is 9.34. The van der Waals surface area contributed by atoms with E-state index in [0.717, 1.165) is 17.8 Å². The van der Waals surface area contributed by atoms with E-state index < -0.39 is 6.10 Å². The Hall–Kier alpha value is -1.39. The van der Waals surface area contributed by atoms with Crippen molar-refractivity contribution < 1.29 is 9.84 Å². The summed E-state index contributed by atoms with van der Waals surface area (Å²) in [5.41, 5.74) is 1.94. The molecular formula is C12H16N2O2. The van der Waals surface area contributed by atoms with Gasteiger partial charge in [-0.25, -0.2) is 4.98 Å². The molecule has 1 atom stereocenters. The number of hydrogen-bond acceptors (Lipinski definition) is 3. The van der Waals surface area contributed by atoms with Gasteiger partial charge in [-0.2, -0.15) is 0 Å². The highest BCUT2D eigenvalue weighted by Gasteiger charge is 2.06. The number of aliphatic hydroxyl groups excluding tert-OH is 1. The van der Waals surface area contributed by atoms with Crippen LogP contribution < -0.4 is 0 Å². The van der Waals surface area contributed by atoms with Gasteiger partial charge in [0.05, 0.1) is 18.4 Å². The molecule has 0 radical (unpaired) electrons. The molecule has 16 heavy (non-hydrogen) atoms. The monoisotopic (exact) mass is 220 g/mol. The summed E-state index contributed by atoms with van der Waals surface area (Å²) >= 11 is 0. The zero-order valence-corrected chi connectivity index (χ0v) is 9.34. The minimum Gasteiger partial charge on any atom is -0.391 e. The van der Waals surface area contributed by atoms with Crippen LogP contribution >= 0.6 is 0 Å². The molecule has 0 spiro atoms. The van der Waals surface area contributed by atoms with Crippen molar-refractivity contribution in [1.29, 1.82) is 0 Å². The van der Waals surface area contributed by atoms with Crippen LogP contribution in [0.1, 0.15) is 12.1 Å². The van der Waals surface area contributed by atoms with Crippen molar-refractivity contribution in [2.75, 3.05) is 13.7 Å². The topological polar surface area (TPSA) is 46.8 Å². The zero-order chi connectivity index (χ0) is 11.4. The van der Waals surface area contributed by atoms with Crippen molar-refractivity contribution in [2.45, 2.75) is 18.9 Å². The van der Waals surface area contributed by atoms with Crippen molar-refractivity contribution in [3.8, 4) is 0 Å². The van der Waals surface area contributed by atoms with Crippen molar-refractivity contribution in [2.24, 2.45) is 0 Å². The van der Waals surface area contributed by atoms with E-state index in [1.807, 2.05) is 35.0 Å². The van der Waals surface area contributed by atoms with Crippen molar-refractivity contribution in [1.82, 2.24) is 9.38 Å². The van der Waals surface area contributed by atoms with Crippen LogP contribution in [0.15, 0.2) is 30.6 Å². The highest BCUT2D eigenvalue weighted by atomic mass is 16.5. The lowest BCUT2D eigenvalue weighted by molar-refractivity contribution is 0.0594. The summed E-state index contributed by atoms with van der Waals surface area (Å²) in [5.74, 6) is 0. The van der Waals surface area contributed by atoms with E-state index in [2.05, 4.69) is 4.98 Å². The van der Waals surface area contributed by atoms with Gasteiger partial charge in [-0.1, -0.05) is 6.07 Å². The highest BCUT2D eigenvalue weighted by molar-refractivity contribution is 5.39. The predicted octanol–water partition coefficient (Wildman–Crippen LogP) is 1.27. The Bertz CT molecular complexity index is 420. The van der Waals surface area contributed by atoms with Crippen LogP contribution in [0, 0.1) is 0 Å². The molecule has 86 valence electrons. The summed E-state index contributed by atoms with van der Waals surface area (Å²) in [4.78, 5) is 4.46. The Kier molecular flexibility index (Phi) is 3.54. The lowest BCUT2D eigenvalue weighted by atomic mass is 10.2. The summed E-state index contributed by atoms with van der Waals surface area (Å²) in [6, 6.07) is 5.90. The fourth-order valence-corrected chi connectivity index (χ4v) is 1.70. The maximum Gasteiger partial charge on any atom is 0.136 e.